The van der Waals surface area contributed by atoms with Crippen molar-refractivity contribution in [3.63, 3.8) is 0 Å². The molecule has 0 bridgehead atoms. The molecule has 2 atom stereocenters. The summed E-state index contributed by atoms with van der Waals surface area (Å²) in [6.45, 7) is 1.70. The summed E-state index contributed by atoms with van der Waals surface area (Å²) in [7, 11) is 1.43. The van der Waals surface area contributed by atoms with Gasteiger partial charge in [-0.2, -0.15) is 0 Å². The number of aromatic carboxylic acids is 1. The van der Waals surface area contributed by atoms with Gasteiger partial charge in [-0.05, 0) is 41.3 Å². The molecule has 2 aromatic carbocycles. The highest BCUT2D eigenvalue weighted by Crippen LogP contribution is 2.44. The van der Waals surface area contributed by atoms with Gasteiger partial charge in [0.1, 0.15) is 18.4 Å². The molecule has 1 aliphatic carbocycles. The van der Waals surface area contributed by atoms with E-state index < -0.39 is 30.1 Å². The van der Waals surface area contributed by atoms with Gasteiger partial charge in [-0.1, -0.05) is 48.5 Å². The third-order valence-electron chi connectivity index (χ3n) is 6.05. The van der Waals surface area contributed by atoms with Crippen LogP contribution in [0.15, 0.2) is 65.1 Å². The van der Waals surface area contributed by atoms with Gasteiger partial charge >= 0.3 is 12.1 Å². The molecule has 9 heteroatoms. The van der Waals surface area contributed by atoms with Crippen LogP contribution in [0.25, 0.3) is 11.1 Å². The number of hydrogen-bond donors (Lipinski definition) is 3. The van der Waals surface area contributed by atoms with E-state index in [1.165, 1.54) is 19.2 Å². The second kappa shape index (κ2) is 10.4. The van der Waals surface area contributed by atoms with Crippen LogP contribution in [0.2, 0.25) is 0 Å². The first-order valence-electron chi connectivity index (χ1n) is 11.1. The van der Waals surface area contributed by atoms with Crippen LogP contribution < -0.4 is 10.6 Å². The maximum Gasteiger partial charge on any atom is 0.407 e. The zero-order valence-electron chi connectivity index (χ0n) is 19.3. The molecule has 4 rings (SSSR count). The standard InChI is InChI=1S/C26H26N2O7/c1-15(33-2)23(24(29)27-13-16-11-12-22(35-16)25(30)31)28-26(32)34-14-21-19-9-5-3-7-17(19)18-8-4-6-10-20(18)21/h3-12,15,21,23H,13-14H2,1-2H3,(H,27,29)(H,28,32)(H,30,31). The SMILES string of the molecule is COC(C)C(NC(=O)OCC1c2ccccc2-c2ccccc21)C(=O)NCc1ccc(C(=O)O)o1. The van der Waals surface area contributed by atoms with E-state index in [2.05, 4.69) is 10.6 Å². The quantitative estimate of drug-likeness (QED) is 0.429. The number of carboxylic acid groups (broad SMARTS) is 1. The molecule has 1 aromatic heterocycles. The molecule has 0 aliphatic heterocycles. The van der Waals surface area contributed by atoms with Crippen molar-refractivity contribution < 1.29 is 33.4 Å². The first-order valence-corrected chi connectivity index (χ1v) is 11.1. The van der Waals surface area contributed by atoms with E-state index in [4.69, 9.17) is 19.0 Å². The van der Waals surface area contributed by atoms with Crippen molar-refractivity contribution in [2.75, 3.05) is 13.7 Å². The number of alkyl carbamates (subject to hydrolysis) is 1. The minimum absolute atomic E-state index is 0.0502. The van der Waals surface area contributed by atoms with E-state index in [1.807, 2.05) is 48.5 Å². The molecule has 0 spiro atoms. The lowest BCUT2D eigenvalue weighted by atomic mass is 9.98. The number of rotatable bonds is 9. The van der Waals surface area contributed by atoms with Gasteiger partial charge in [0.2, 0.25) is 11.7 Å². The Morgan fingerprint density at radius 2 is 1.63 bits per heavy atom. The molecule has 3 N–H and O–H groups in total. The van der Waals surface area contributed by atoms with Crippen molar-refractivity contribution in [3.05, 3.63) is 83.3 Å². The van der Waals surface area contributed by atoms with Crippen LogP contribution in [0.1, 0.15) is 40.3 Å². The minimum atomic E-state index is -1.20. The Labute approximate surface area is 202 Å². The van der Waals surface area contributed by atoms with Gasteiger partial charge in [-0.25, -0.2) is 9.59 Å². The highest BCUT2D eigenvalue weighted by Gasteiger charge is 2.31. The van der Waals surface area contributed by atoms with Crippen molar-refractivity contribution in [2.45, 2.75) is 31.5 Å². The van der Waals surface area contributed by atoms with Crippen LogP contribution in [0, 0.1) is 0 Å². The van der Waals surface area contributed by atoms with Crippen molar-refractivity contribution in [1.82, 2.24) is 10.6 Å². The highest BCUT2D eigenvalue weighted by atomic mass is 16.5. The summed E-state index contributed by atoms with van der Waals surface area (Å²) in [6.07, 6.45) is -1.40. The third kappa shape index (κ3) is 5.20. The summed E-state index contributed by atoms with van der Waals surface area (Å²) in [5.74, 6) is -1.80. The number of amides is 2. The molecule has 0 radical (unpaired) electrons. The van der Waals surface area contributed by atoms with Crippen LogP contribution in [-0.4, -0.2) is 48.9 Å². The van der Waals surface area contributed by atoms with E-state index in [0.29, 0.717) is 0 Å². The second-order valence-electron chi connectivity index (χ2n) is 8.18. The minimum Gasteiger partial charge on any atom is -0.475 e. The number of benzene rings is 2. The largest absolute Gasteiger partial charge is 0.475 e. The molecule has 1 aliphatic rings. The maximum absolute atomic E-state index is 12.8. The first-order chi connectivity index (χ1) is 16.9. The predicted octanol–water partition coefficient (Wildman–Crippen LogP) is 3.54. The Kier molecular flexibility index (Phi) is 7.17. The fourth-order valence-corrected chi connectivity index (χ4v) is 4.17. The summed E-state index contributed by atoms with van der Waals surface area (Å²) < 4.78 is 15.9. The number of nitrogens with one attached hydrogen (secondary N) is 2. The van der Waals surface area contributed by atoms with E-state index in [1.54, 1.807) is 6.92 Å². The molecule has 2 amide bonds. The topological polar surface area (TPSA) is 127 Å². The van der Waals surface area contributed by atoms with Crippen molar-refractivity contribution in [1.29, 1.82) is 0 Å². The summed E-state index contributed by atoms with van der Waals surface area (Å²) in [5, 5.41) is 14.1. The van der Waals surface area contributed by atoms with Gasteiger partial charge in [0.05, 0.1) is 12.6 Å². The summed E-state index contributed by atoms with van der Waals surface area (Å²) in [4.78, 5) is 36.4. The lowest BCUT2D eigenvalue weighted by molar-refractivity contribution is -0.126. The fraction of sp³-hybridized carbons (Fsp3) is 0.269. The maximum atomic E-state index is 12.8. The van der Waals surface area contributed by atoms with Gasteiger partial charge in [-0.15, -0.1) is 0 Å². The van der Waals surface area contributed by atoms with Crippen LogP contribution in [0.3, 0.4) is 0 Å². The van der Waals surface area contributed by atoms with E-state index in [9.17, 15) is 14.4 Å². The zero-order chi connectivity index (χ0) is 24.9. The summed E-state index contributed by atoms with van der Waals surface area (Å²) >= 11 is 0. The fourth-order valence-electron chi connectivity index (χ4n) is 4.17. The van der Waals surface area contributed by atoms with Gasteiger partial charge in [-0.3, -0.25) is 4.79 Å². The molecule has 0 saturated heterocycles. The lowest BCUT2D eigenvalue weighted by Crippen LogP contribution is -2.53. The molecule has 2 unspecified atom stereocenters. The molecule has 35 heavy (non-hydrogen) atoms. The first kappa shape index (κ1) is 24.0. The Hall–Kier alpha value is -4.11. The Bertz CT molecular complexity index is 1190. The molecule has 3 aromatic rings. The van der Waals surface area contributed by atoms with Crippen molar-refractivity contribution in [2.24, 2.45) is 0 Å². The smallest absolute Gasteiger partial charge is 0.407 e. The normalized spacial score (nSPS) is 13.9. The number of fused-ring (bicyclic) bond motifs is 3. The van der Waals surface area contributed by atoms with Crippen LogP contribution in [0.5, 0.6) is 0 Å². The molecular weight excluding hydrogens is 452 g/mol. The van der Waals surface area contributed by atoms with Gasteiger partial charge in [0.15, 0.2) is 0 Å². The Morgan fingerprint density at radius 1 is 1.00 bits per heavy atom. The lowest BCUT2D eigenvalue weighted by Gasteiger charge is -2.23. The van der Waals surface area contributed by atoms with Crippen molar-refractivity contribution in [3.8, 4) is 11.1 Å². The zero-order valence-corrected chi connectivity index (χ0v) is 19.3. The Morgan fingerprint density at radius 3 is 2.20 bits per heavy atom. The predicted molar refractivity (Wildman–Crippen MR) is 126 cm³/mol. The van der Waals surface area contributed by atoms with Gasteiger partial charge in [0.25, 0.3) is 0 Å². The highest BCUT2D eigenvalue weighted by molar-refractivity contribution is 5.86. The summed E-state index contributed by atoms with van der Waals surface area (Å²) in [5.41, 5.74) is 4.40. The molecule has 1 heterocycles. The number of hydrogen-bond acceptors (Lipinski definition) is 6. The third-order valence-corrected chi connectivity index (χ3v) is 6.05. The van der Waals surface area contributed by atoms with Crippen LogP contribution in [-0.2, 0) is 20.8 Å². The number of methoxy groups -OCH3 is 1. The number of ether oxygens (including phenoxy) is 2. The number of carbonyl (C=O) groups is 3. The Balaban J connectivity index is 1.38. The van der Waals surface area contributed by atoms with Crippen LogP contribution >= 0.6 is 0 Å². The van der Waals surface area contributed by atoms with Crippen LogP contribution in [0.4, 0.5) is 4.79 Å². The summed E-state index contributed by atoms with van der Waals surface area (Å²) in [6, 6.07) is 17.7. The van der Waals surface area contributed by atoms with Gasteiger partial charge < -0.3 is 29.6 Å². The number of furan rings is 1. The van der Waals surface area contributed by atoms with E-state index in [-0.39, 0.29) is 30.6 Å². The molecule has 0 saturated carbocycles. The second-order valence-corrected chi connectivity index (χ2v) is 8.18. The molecule has 9 nitrogen and oxygen atoms in total. The number of carbonyl (C=O) groups excluding carboxylic acids is 2. The van der Waals surface area contributed by atoms with E-state index >= 15 is 0 Å². The molecule has 0 fully saturated rings. The average Bonchev–Trinajstić information content (AvgIpc) is 3.47. The monoisotopic (exact) mass is 478 g/mol. The number of carboxylic acids is 1. The van der Waals surface area contributed by atoms with Gasteiger partial charge in [0, 0.05) is 13.0 Å². The van der Waals surface area contributed by atoms with E-state index in [0.717, 1.165) is 22.3 Å². The molecule has 182 valence electrons. The van der Waals surface area contributed by atoms with Crippen molar-refractivity contribution >= 4 is 18.0 Å². The average molecular weight is 479 g/mol. The molecular formula is C26H26N2O7.